The summed E-state index contributed by atoms with van der Waals surface area (Å²) in [4.78, 5) is 5.43. The normalized spacial score (nSPS) is 11.4. The molecule has 0 aliphatic heterocycles. The standard InChI is InChI=1S/C22H21N3S/c1-2-15-24(19-11-13-23-14-12-19)25-17-18(9-10-20-6-5-16-26-20)21-7-3-4-8-22(21)25/h3-14,16-17H,2,15H2,1H3/b10-9+. The topological polar surface area (TPSA) is 21.1 Å². The lowest BCUT2D eigenvalue weighted by molar-refractivity contribution is 0.695. The van der Waals surface area contributed by atoms with Crippen molar-refractivity contribution in [1.82, 2.24) is 9.66 Å². The average Bonchev–Trinajstić information content (AvgIpc) is 3.33. The van der Waals surface area contributed by atoms with E-state index >= 15 is 0 Å². The van der Waals surface area contributed by atoms with Crippen LogP contribution < -0.4 is 5.01 Å². The zero-order valence-corrected chi connectivity index (χ0v) is 15.6. The molecular formula is C22H21N3S. The fourth-order valence-corrected chi connectivity index (χ4v) is 3.79. The van der Waals surface area contributed by atoms with Gasteiger partial charge in [-0.05, 0) is 42.1 Å². The van der Waals surface area contributed by atoms with Gasteiger partial charge in [-0.15, -0.1) is 11.3 Å². The third-order valence-corrected chi connectivity index (χ3v) is 5.19. The van der Waals surface area contributed by atoms with Crippen molar-refractivity contribution in [2.75, 3.05) is 11.6 Å². The van der Waals surface area contributed by atoms with Crippen LogP contribution >= 0.6 is 11.3 Å². The number of hydrogen-bond acceptors (Lipinski definition) is 3. The summed E-state index contributed by atoms with van der Waals surface area (Å²) < 4.78 is 2.27. The van der Waals surface area contributed by atoms with Gasteiger partial charge >= 0.3 is 0 Å². The van der Waals surface area contributed by atoms with Crippen LogP contribution in [0, 0.1) is 0 Å². The van der Waals surface area contributed by atoms with E-state index < -0.39 is 0 Å². The Morgan fingerprint density at radius 3 is 2.65 bits per heavy atom. The second-order valence-corrected chi connectivity index (χ2v) is 7.10. The lowest BCUT2D eigenvalue weighted by Crippen LogP contribution is -2.29. The number of nitrogens with zero attached hydrogens (tertiary/aromatic N) is 3. The summed E-state index contributed by atoms with van der Waals surface area (Å²) in [6, 6.07) is 16.9. The molecule has 0 radical (unpaired) electrons. The number of anilines is 1. The zero-order valence-electron chi connectivity index (χ0n) is 14.7. The van der Waals surface area contributed by atoms with Crippen LogP contribution in [-0.4, -0.2) is 16.2 Å². The van der Waals surface area contributed by atoms with Crippen LogP contribution in [0.25, 0.3) is 23.1 Å². The fraction of sp³-hybridized carbons (Fsp3) is 0.136. The Hall–Kier alpha value is -2.85. The van der Waals surface area contributed by atoms with Crippen LogP contribution in [-0.2, 0) is 0 Å². The van der Waals surface area contributed by atoms with Gasteiger partial charge in [0.2, 0.25) is 0 Å². The Balaban J connectivity index is 1.81. The number of hydrogen-bond donors (Lipinski definition) is 0. The molecule has 4 aromatic rings. The van der Waals surface area contributed by atoms with Crippen molar-refractivity contribution in [3.63, 3.8) is 0 Å². The Morgan fingerprint density at radius 2 is 1.88 bits per heavy atom. The first kappa shape index (κ1) is 16.6. The van der Waals surface area contributed by atoms with Crippen molar-refractivity contribution in [3.05, 3.63) is 82.9 Å². The van der Waals surface area contributed by atoms with Gasteiger partial charge < -0.3 is 0 Å². The summed E-state index contributed by atoms with van der Waals surface area (Å²) in [5.41, 5.74) is 3.59. The molecule has 0 saturated heterocycles. The molecule has 3 aromatic heterocycles. The maximum absolute atomic E-state index is 4.16. The number of benzene rings is 1. The molecule has 130 valence electrons. The van der Waals surface area contributed by atoms with Gasteiger partial charge in [0, 0.05) is 41.0 Å². The highest BCUT2D eigenvalue weighted by atomic mass is 32.1. The third-order valence-electron chi connectivity index (χ3n) is 4.35. The first-order chi connectivity index (χ1) is 12.9. The SMILES string of the molecule is CCCN(c1ccncc1)n1cc(/C=C/c2cccs2)c2ccccc21. The highest BCUT2D eigenvalue weighted by Crippen LogP contribution is 2.27. The minimum atomic E-state index is 0.941. The monoisotopic (exact) mass is 359 g/mol. The molecule has 0 N–H and O–H groups in total. The van der Waals surface area contributed by atoms with Crippen molar-refractivity contribution in [3.8, 4) is 0 Å². The summed E-state index contributed by atoms with van der Waals surface area (Å²) in [6.07, 6.45) is 11.4. The van der Waals surface area contributed by atoms with E-state index in [1.165, 1.54) is 21.3 Å². The predicted molar refractivity (Wildman–Crippen MR) is 112 cm³/mol. The maximum atomic E-state index is 4.16. The van der Waals surface area contributed by atoms with Gasteiger partial charge in [-0.2, -0.15) is 0 Å². The van der Waals surface area contributed by atoms with Crippen LogP contribution in [0.2, 0.25) is 0 Å². The molecule has 1 aromatic carbocycles. The number of fused-ring (bicyclic) bond motifs is 1. The minimum absolute atomic E-state index is 0.941. The van der Waals surface area contributed by atoms with Crippen molar-refractivity contribution in [1.29, 1.82) is 0 Å². The van der Waals surface area contributed by atoms with E-state index in [0.717, 1.165) is 18.7 Å². The molecule has 4 heteroatoms. The lowest BCUT2D eigenvalue weighted by atomic mass is 10.1. The van der Waals surface area contributed by atoms with Crippen LogP contribution in [0.4, 0.5) is 5.69 Å². The molecule has 0 fully saturated rings. The summed E-state index contributed by atoms with van der Waals surface area (Å²) >= 11 is 1.75. The van der Waals surface area contributed by atoms with E-state index in [1.807, 2.05) is 12.4 Å². The first-order valence-corrected chi connectivity index (χ1v) is 9.74. The number of rotatable bonds is 6. The van der Waals surface area contributed by atoms with Gasteiger partial charge in [-0.3, -0.25) is 14.7 Å². The molecule has 0 spiro atoms. The van der Waals surface area contributed by atoms with E-state index in [4.69, 9.17) is 0 Å². The molecular weight excluding hydrogens is 338 g/mol. The quantitative estimate of drug-likeness (QED) is 0.424. The Kier molecular flexibility index (Phi) is 4.84. The largest absolute Gasteiger partial charge is 0.281 e. The Bertz CT molecular complexity index is 1000. The molecule has 26 heavy (non-hydrogen) atoms. The molecule has 0 aliphatic carbocycles. The smallest absolute Gasteiger partial charge is 0.0704 e. The molecule has 4 rings (SSSR count). The van der Waals surface area contributed by atoms with Gasteiger partial charge in [0.25, 0.3) is 0 Å². The summed E-state index contributed by atoms with van der Waals surface area (Å²) in [6.45, 7) is 3.15. The number of aromatic nitrogens is 2. The third kappa shape index (κ3) is 3.28. The van der Waals surface area contributed by atoms with Crippen LogP contribution in [0.1, 0.15) is 23.8 Å². The van der Waals surface area contributed by atoms with E-state index in [2.05, 4.69) is 93.9 Å². The molecule has 0 atom stereocenters. The average molecular weight is 359 g/mol. The lowest BCUT2D eigenvalue weighted by Gasteiger charge is -2.26. The van der Waals surface area contributed by atoms with Crippen molar-refractivity contribution >= 4 is 40.1 Å². The minimum Gasteiger partial charge on any atom is -0.281 e. The second-order valence-electron chi connectivity index (χ2n) is 6.12. The molecule has 0 unspecified atom stereocenters. The predicted octanol–water partition coefficient (Wildman–Crippen LogP) is 5.95. The molecule has 0 amide bonds. The van der Waals surface area contributed by atoms with Crippen LogP contribution in [0.15, 0.2) is 72.5 Å². The fourth-order valence-electron chi connectivity index (χ4n) is 3.17. The van der Waals surface area contributed by atoms with Crippen LogP contribution in [0.3, 0.4) is 0 Å². The van der Waals surface area contributed by atoms with Crippen molar-refractivity contribution < 1.29 is 0 Å². The van der Waals surface area contributed by atoms with Crippen molar-refractivity contribution in [2.45, 2.75) is 13.3 Å². The second kappa shape index (κ2) is 7.58. The molecule has 0 aliphatic rings. The van der Waals surface area contributed by atoms with Gasteiger partial charge in [0.1, 0.15) is 0 Å². The van der Waals surface area contributed by atoms with E-state index in [9.17, 15) is 0 Å². The van der Waals surface area contributed by atoms with Gasteiger partial charge in [-0.25, -0.2) is 0 Å². The first-order valence-electron chi connectivity index (χ1n) is 8.86. The zero-order chi connectivity index (χ0) is 17.8. The van der Waals surface area contributed by atoms with Crippen molar-refractivity contribution in [2.24, 2.45) is 0 Å². The van der Waals surface area contributed by atoms with Crippen LogP contribution in [0.5, 0.6) is 0 Å². The molecule has 3 nitrogen and oxygen atoms in total. The Labute approximate surface area is 157 Å². The highest BCUT2D eigenvalue weighted by Gasteiger charge is 2.13. The van der Waals surface area contributed by atoms with Gasteiger partial charge in [0.05, 0.1) is 11.2 Å². The van der Waals surface area contributed by atoms with Gasteiger partial charge in [0.15, 0.2) is 0 Å². The van der Waals surface area contributed by atoms with Gasteiger partial charge in [-0.1, -0.05) is 37.3 Å². The Morgan fingerprint density at radius 1 is 1.04 bits per heavy atom. The molecule has 0 saturated carbocycles. The number of pyridine rings is 1. The summed E-state index contributed by atoms with van der Waals surface area (Å²) in [5.74, 6) is 0. The van der Waals surface area contributed by atoms with E-state index in [1.54, 1.807) is 11.3 Å². The van der Waals surface area contributed by atoms with E-state index in [-0.39, 0.29) is 0 Å². The van der Waals surface area contributed by atoms with E-state index in [0.29, 0.717) is 0 Å². The molecule has 3 heterocycles. The molecule has 0 bridgehead atoms. The number of para-hydroxylation sites is 1. The number of thiophene rings is 1. The maximum Gasteiger partial charge on any atom is 0.0704 e. The highest BCUT2D eigenvalue weighted by molar-refractivity contribution is 7.10. The summed E-state index contributed by atoms with van der Waals surface area (Å²) in [7, 11) is 0. The summed E-state index contributed by atoms with van der Waals surface area (Å²) in [5, 5.41) is 5.68.